The topological polar surface area (TPSA) is 65.5 Å². The van der Waals surface area contributed by atoms with Crippen molar-refractivity contribution in [2.45, 2.75) is 63.8 Å². The fraction of sp³-hybridized carbons (Fsp3) is 0.469. The Morgan fingerprint density at radius 3 is 2.31 bits per heavy atom. The molecule has 2 aliphatic heterocycles. The largest absolute Gasteiger partial charge is 0.417 e. The molecule has 3 atom stereocenters. The van der Waals surface area contributed by atoms with E-state index >= 15 is 0 Å². The first-order chi connectivity index (χ1) is 21.3. The van der Waals surface area contributed by atoms with Crippen molar-refractivity contribution in [3.8, 4) is 0 Å². The molecule has 0 aromatic heterocycles. The van der Waals surface area contributed by atoms with Gasteiger partial charge in [-0.3, -0.25) is 14.6 Å². The number of methoxy groups -OCH3 is 1. The number of fused-ring (bicyclic) bond motifs is 1. The summed E-state index contributed by atoms with van der Waals surface area (Å²) in [5.41, 5.74) is -1.04. The molecule has 7 nitrogen and oxygen atoms in total. The van der Waals surface area contributed by atoms with Crippen LogP contribution in [0.15, 0.2) is 58.5 Å². The van der Waals surface area contributed by atoms with Crippen molar-refractivity contribution in [2.24, 2.45) is 4.99 Å². The number of allylic oxidation sites excluding steroid dienone is 4. The van der Waals surface area contributed by atoms with Crippen LogP contribution in [0.4, 0.5) is 27.6 Å². The molecule has 45 heavy (non-hydrogen) atoms. The number of aliphatic imine (C=N–C) groups is 1. The summed E-state index contributed by atoms with van der Waals surface area (Å²) in [6.45, 7) is 13.2. The average Bonchev–Trinajstić information content (AvgIpc) is 3.00. The fourth-order valence-electron chi connectivity index (χ4n) is 5.48. The van der Waals surface area contributed by atoms with Crippen LogP contribution in [-0.4, -0.2) is 85.7 Å². The van der Waals surface area contributed by atoms with E-state index in [4.69, 9.17) is 4.74 Å². The zero-order chi connectivity index (χ0) is 34.1. The van der Waals surface area contributed by atoms with Gasteiger partial charge in [0.2, 0.25) is 12.3 Å². The lowest BCUT2D eigenvalue weighted by Gasteiger charge is -2.46. The summed E-state index contributed by atoms with van der Waals surface area (Å²) in [5, 5.41) is 0. The van der Waals surface area contributed by atoms with Crippen molar-refractivity contribution in [1.82, 2.24) is 9.80 Å². The highest BCUT2D eigenvalue weighted by atomic mass is 32.2. The van der Waals surface area contributed by atoms with Gasteiger partial charge in [-0.2, -0.15) is 13.2 Å². The van der Waals surface area contributed by atoms with Crippen molar-refractivity contribution in [1.29, 1.82) is 0 Å². The predicted octanol–water partition coefficient (Wildman–Crippen LogP) is 7.04. The molecule has 1 saturated heterocycles. The van der Waals surface area contributed by atoms with Gasteiger partial charge in [0.1, 0.15) is 11.7 Å². The number of benzene rings is 1. The van der Waals surface area contributed by atoms with Gasteiger partial charge < -0.3 is 19.4 Å². The second-order valence-corrected chi connectivity index (χ2v) is 11.3. The monoisotopic (exact) mass is 656 g/mol. The molecule has 248 valence electrons. The Kier molecular flexibility index (Phi) is 14.0. The molecule has 2 aliphatic rings. The number of alkyl halides is 3. The summed E-state index contributed by atoms with van der Waals surface area (Å²) in [7, 11) is 2.93. The van der Waals surface area contributed by atoms with E-state index in [-0.39, 0.29) is 82.9 Å². The number of thioether (sulfide) groups is 1. The van der Waals surface area contributed by atoms with E-state index in [1.54, 1.807) is 4.90 Å². The highest BCUT2D eigenvalue weighted by molar-refractivity contribution is 7.99. The number of carbonyl (C=O) groups excluding carboxylic acids is 2. The minimum absolute atomic E-state index is 0.00132. The van der Waals surface area contributed by atoms with Gasteiger partial charge >= 0.3 is 6.18 Å². The standard InChI is InChI=1S/C30H35F5N4O3S.C2H6/c1-7-26(41)39-19(3)13-37(14-20(39)4)29(36-5)23-12-24(30(33,34)35)22(9-8-18(2)25(32)10-11-31)28-27(23)38(17-40)21(15-42-6)16-43-28;1-2/h7-12,17,19-21H,1,13-16H2,2-6H3;1-2H3/b9-8+,11-10+,25-18+,36-29?;. The van der Waals surface area contributed by atoms with Gasteiger partial charge in [0, 0.05) is 67.2 Å². The third-order valence-electron chi connectivity index (χ3n) is 7.33. The Morgan fingerprint density at radius 2 is 1.82 bits per heavy atom. The Hall–Kier alpha value is -3.45. The van der Waals surface area contributed by atoms with Gasteiger partial charge in [-0.15, -0.1) is 11.8 Å². The van der Waals surface area contributed by atoms with Gasteiger partial charge in [-0.25, -0.2) is 8.78 Å². The second-order valence-electron chi connectivity index (χ2n) is 10.3. The van der Waals surface area contributed by atoms with Crippen LogP contribution in [0.3, 0.4) is 0 Å². The molecule has 0 bridgehead atoms. The Bertz CT molecular complexity index is 1350. The molecule has 3 unspecified atom stereocenters. The number of anilines is 1. The van der Waals surface area contributed by atoms with Crippen molar-refractivity contribution in [2.75, 3.05) is 44.5 Å². The first-order valence-electron chi connectivity index (χ1n) is 14.5. The van der Waals surface area contributed by atoms with Crippen LogP contribution in [0.5, 0.6) is 0 Å². The average molecular weight is 657 g/mol. The highest BCUT2D eigenvalue weighted by Crippen LogP contribution is 2.48. The Balaban J connectivity index is 0.00000345. The van der Waals surface area contributed by atoms with Crippen LogP contribution in [0.2, 0.25) is 0 Å². The van der Waals surface area contributed by atoms with Gasteiger partial charge in [0.15, 0.2) is 0 Å². The highest BCUT2D eigenvalue weighted by Gasteiger charge is 2.41. The van der Waals surface area contributed by atoms with Crippen LogP contribution < -0.4 is 4.90 Å². The molecule has 0 radical (unpaired) electrons. The summed E-state index contributed by atoms with van der Waals surface area (Å²) >= 11 is 1.13. The number of piperazine rings is 1. The molecule has 2 heterocycles. The zero-order valence-electron chi connectivity index (χ0n) is 26.6. The molecule has 2 amide bonds. The molecular weight excluding hydrogens is 615 g/mol. The van der Waals surface area contributed by atoms with E-state index in [1.807, 2.05) is 32.6 Å². The molecule has 0 aliphatic carbocycles. The number of amides is 2. The predicted molar refractivity (Wildman–Crippen MR) is 171 cm³/mol. The van der Waals surface area contributed by atoms with E-state index in [0.717, 1.165) is 30.0 Å². The Morgan fingerprint density at radius 1 is 1.20 bits per heavy atom. The number of amidine groups is 1. The normalized spacial score (nSPS) is 21.4. The van der Waals surface area contributed by atoms with Gasteiger partial charge in [0.05, 0.1) is 30.2 Å². The van der Waals surface area contributed by atoms with Gasteiger partial charge in [-0.05, 0) is 38.5 Å². The lowest BCUT2D eigenvalue weighted by molar-refractivity contribution is -0.138. The molecular formula is C32H41F5N4O3S. The summed E-state index contributed by atoms with van der Waals surface area (Å²) in [6, 6.07) is -0.154. The molecule has 13 heteroatoms. The molecule has 3 rings (SSSR count). The van der Waals surface area contributed by atoms with Crippen molar-refractivity contribution in [3.63, 3.8) is 0 Å². The molecule has 0 spiro atoms. The summed E-state index contributed by atoms with van der Waals surface area (Å²) in [5.74, 6) is -0.735. The Labute approximate surface area is 266 Å². The lowest BCUT2D eigenvalue weighted by Crippen LogP contribution is -2.59. The lowest BCUT2D eigenvalue weighted by atomic mass is 9.96. The number of ether oxygens (including phenoxy) is 1. The summed E-state index contributed by atoms with van der Waals surface area (Å²) in [4.78, 5) is 34.4. The molecule has 0 saturated carbocycles. The van der Waals surface area contributed by atoms with Crippen LogP contribution in [0.25, 0.3) is 6.08 Å². The van der Waals surface area contributed by atoms with Crippen LogP contribution in [0.1, 0.15) is 51.3 Å². The van der Waals surface area contributed by atoms with Crippen molar-refractivity contribution < 1.29 is 36.3 Å². The van der Waals surface area contributed by atoms with E-state index in [2.05, 4.69) is 11.6 Å². The number of carbonyl (C=O) groups is 2. The van der Waals surface area contributed by atoms with Crippen molar-refractivity contribution in [3.05, 3.63) is 65.3 Å². The summed E-state index contributed by atoms with van der Waals surface area (Å²) < 4.78 is 76.1. The number of hydrogen-bond acceptors (Lipinski definition) is 5. The van der Waals surface area contributed by atoms with Crippen LogP contribution in [0, 0.1) is 0 Å². The summed E-state index contributed by atoms with van der Waals surface area (Å²) in [6.07, 6.45) is -0.215. The van der Waals surface area contributed by atoms with Crippen LogP contribution >= 0.6 is 11.8 Å². The minimum Gasteiger partial charge on any atom is -0.383 e. The van der Waals surface area contributed by atoms with Crippen molar-refractivity contribution >= 4 is 41.7 Å². The molecule has 1 aromatic carbocycles. The van der Waals surface area contributed by atoms with Crippen LogP contribution in [-0.2, 0) is 20.5 Å². The van der Waals surface area contributed by atoms with Gasteiger partial charge in [-0.1, -0.05) is 32.6 Å². The third-order valence-corrected chi connectivity index (χ3v) is 8.58. The number of rotatable bonds is 8. The van der Waals surface area contributed by atoms with Gasteiger partial charge in [0.25, 0.3) is 0 Å². The number of nitrogens with zero attached hydrogens (tertiary/aromatic N) is 4. The third kappa shape index (κ3) is 8.43. The maximum atomic E-state index is 14.7. The molecule has 1 fully saturated rings. The zero-order valence-corrected chi connectivity index (χ0v) is 27.4. The first-order valence-corrected chi connectivity index (χ1v) is 15.4. The quantitative estimate of drug-likeness (QED) is 0.0751. The molecule has 1 aromatic rings. The van der Waals surface area contributed by atoms with E-state index < -0.39 is 23.6 Å². The van der Waals surface area contributed by atoms with E-state index in [0.29, 0.717) is 12.5 Å². The maximum absolute atomic E-state index is 14.7. The fourth-order valence-corrected chi connectivity index (χ4v) is 6.78. The second kappa shape index (κ2) is 16.7. The number of hydrogen-bond donors (Lipinski definition) is 0. The first kappa shape index (κ1) is 37.7. The van der Waals surface area contributed by atoms with E-state index in [9.17, 15) is 31.5 Å². The van der Waals surface area contributed by atoms with E-state index in [1.165, 1.54) is 32.1 Å². The SMILES string of the molecule is C=CC(=O)N1C(C)CN(C(=NC)c2cc(C(F)(F)F)c(/C=C/C(C)=C(F)\C=C\F)c3c2N(C=O)C(COC)CS3)CC1C.CC. The molecule has 0 N–H and O–H groups in total. The minimum atomic E-state index is -4.83. The smallest absolute Gasteiger partial charge is 0.383 e. The number of halogens is 5. The maximum Gasteiger partial charge on any atom is 0.417 e.